The van der Waals surface area contributed by atoms with Crippen LogP contribution in [0, 0.1) is 6.92 Å². The Balaban J connectivity index is 2.31. The van der Waals surface area contributed by atoms with E-state index in [2.05, 4.69) is 15.3 Å². The lowest BCUT2D eigenvalue weighted by atomic mass is 10.2. The van der Waals surface area contributed by atoms with Crippen molar-refractivity contribution in [3.63, 3.8) is 0 Å². The van der Waals surface area contributed by atoms with E-state index in [-0.39, 0.29) is 26.7 Å². The van der Waals surface area contributed by atoms with Crippen LogP contribution in [-0.2, 0) is 0 Å². The van der Waals surface area contributed by atoms with Gasteiger partial charge in [-0.3, -0.25) is 10.1 Å². The molecule has 0 saturated carbocycles. The number of rotatable bonds is 2. The number of carbonyl (C=O) groups excluding carboxylic acids is 1. The van der Waals surface area contributed by atoms with E-state index in [1.807, 2.05) is 0 Å². The zero-order valence-electron chi connectivity index (χ0n) is 9.75. The summed E-state index contributed by atoms with van der Waals surface area (Å²) in [6.45, 7) is 1.74. The Morgan fingerprint density at radius 2 is 1.79 bits per heavy atom. The number of hydrogen-bond donors (Lipinski definition) is 1. The molecule has 7 heteroatoms. The van der Waals surface area contributed by atoms with Gasteiger partial charge >= 0.3 is 0 Å². The van der Waals surface area contributed by atoms with E-state index in [1.54, 1.807) is 31.2 Å². The molecule has 0 aliphatic heterocycles. The predicted octanol–water partition coefficient (Wildman–Crippen LogP) is 4.00. The van der Waals surface area contributed by atoms with Crippen LogP contribution >= 0.6 is 34.8 Å². The SMILES string of the molecule is Cc1cc(Cl)nc(NC(=O)c2c(Cl)cccc2Cl)n1. The molecular formula is C12H8Cl3N3O. The number of amides is 1. The van der Waals surface area contributed by atoms with E-state index in [4.69, 9.17) is 34.8 Å². The molecule has 2 aromatic rings. The van der Waals surface area contributed by atoms with Gasteiger partial charge in [0.1, 0.15) is 5.15 Å². The number of halogens is 3. The van der Waals surface area contributed by atoms with Gasteiger partial charge in [-0.25, -0.2) is 9.97 Å². The summed E-state index contributed by atoms with van der Waals surface area (Å²) in [4.78, 5) is 20.0. The molecule has 0 spiro atoms. The Kier molecular flexibility index (Phi) is 4.24. The van der Waals surface area contributed by atoms with E-state index in [0.717, 1.165) is 0 Å². The van der Waals surface area contributed by atoms with E-state index < -0.39 is 5.91 Å². The van der Waals surface area contributed by atoms with Crippen molar-refractivity contribution in [3.8, 4) is 0 Å². The third kappa shape index (κ3) is 3.35. The van der Waals surface area contributed by atoms with Gasteiger partial charge in [0.2, 0.25) is 5.95 Å². The fourth-order valence-corrected chi connectivity index (χ4v) is 2.27. The molecule has 0 atom stereocenters. The van der Waals surface area contributed by atoms with Gasteiger partial charge in [0.15, 0.2) is 0 Å². The molecule has 98 valence electrons. The first kappa shape index (κ1) is 14.1. The second-order valence-corrected chi connectivity index (χ2v) is 4.91. The standard InChI is InChI=1S/C12H8Cl3N3O/c1-6-5-9(15)17-12(16-6)18-11(19)10-7(13)3-2-4-8(10)14/h2-5H,1H3,(H,16,17,18,19). The van der Waals surface area contributed by atoms with Crippen molar-refractivity contribution < 1.29 is 4.79 Å². The third-order valence-electron chi connectivity index (χ3n) is 2.24. The van der Waals surface area contributed by atoms with Crippen LogP contribution in [0.5, 0.6) is 0 Å². The molecule has 1 aromatic heterocycles. The van der Waals surface area contributed by atoms with Crippen LogP contribution < -0.4 is 5.32 Å². The summed E-state index contributed by atoms with van der Waals surface area (Å²) in [5.41, 5.74) is 0.813. The molecule has 0 aliphatic rings. The molecule has 19 heavy (non-hydrogen) atoms. The Bertz CT molecular complexity index is 606. The molecule has 0 radical (unpaired) electrons. The second-order valence-electron chi connectivity index (χ2n) is 3.71. The maximum Gasteiger partial charge on any atom is 0.261 e. The first-order valence-corrected chi connectivity index (χ1v) is 6.37. The highest BCUT2D eigenvalue weighted by atomic mass is 35.5. The molecule has 2 rings (SSSR count). The van der Waals surface area contributed by atoms with Gasteiger partial charge in [-0.1, -0.05) is 40.9 Å². The van der Waals surface area contributed by atoms with Crippen LogP contribution in [0.1, 0.15) is 16.1 Å². The van der Waals surface area contributed by atoms with Gasteiger partial charge in [0.25, 0.3) is 5.91 Å². The molecular weight excluding hydrogens is 309 g/mol. The Morgan fingerprint density at radius 3 is 2.37 bits per heavy atom. The Labute approximate surface area is 124 Å². The van der Waals surface area contributed by atoms with Crippen LogP contribution in [0.25, 0.3) is 0 Å². The maximum absolute atomic E-state index is 12.1. The lowest BCUT2D eigenvalue weighted by molar-refractivity contribution is 0.102. The predicted molar refractivity (Wildman–Crippen MR) is 76.2 cm³/mol. The zero-order chi connectivity index (χ0) is 14.0. The van der Waals surface area contributed by atoms with Crippen LogP contribution in [0.4, 0.5) is 5.95 Å². The molecule has 1 aromatic carbocycles. The second kappa shape index (κ2) is 5.74. The third-order valence-corrected chi connectivity index (χ3v) is 3.06. The van der Waals surface area contributed by atoms with E-state index in [1.165, 1.54) is 0 Å². The lowest BCUT2D eigenvalue weighted by Crippen LogP contribution is -2.15. The number of benzene rings is 1. The summed E-state index contributed by atoms with van der Waals surface area (Å²) in [7, 11) is 0. The highest BCUT2D eigenvalue weighted by Crippen LogP contribution is 2.25. The van der Waals surface area contributed by atoms with Crippen molar-refractivity contribution >= 4 is 46.7 Å². The fraction of sp³-hybridized carbons (Fsp3) is 0.0833. The van der Waals surface area contributed by atoms with Gasteiger partial charge in [0, 0.05) is 5.69 Å². The normalized spacial score (nSPS) is 10.3. The Hall–Kier alpha value is -1.36. The van der Waals surface area contributed by atoms with Gasteiger partial charge in [-0.2, -0.15) is 0 Å². The lowest BCUT2D eigenvalue weighted by Gasteiger charge is -2.07. The quantitative estimate of drug-likeness (QED) is 0.852. The zero-order valence-corrected chi connectivity index (χ0v) is 12.0. The van der Waals surface area contributed by atoms with E-state index >= 15 is 0 Å². The minimum absolute atomic E-state index is 0.103. The molecule has 0 bridgehead atoms. The molecule has 1 amide bonds. The van der Waals surface area contributed by atoms with Crippen molar-refractivity contribution in [1.82, 2.24) is 9.97 Å². The smallest absolute Gasteiger partial charge is 0.261 e. The maximum atomic E-state index is 12.1. The first-order chi connectivity index (χ1) is 8.97. The minimum Gasteiger partial charge on any atom is -0.290 e. The van der Waals surface area contributed by atoms with Crippen molar-refractivity contribution in [2.75, 3.05) is 5.32 Å². The number of nitrogens with one attached hydrogen (secondary N) is 1. The molecule has 0 unspecified atom stereocenters. The highest BCUT2D eigenvalue weighted by Gasteiger charge is 2.15. The van der Waals surface area contributed by atoms with Crippen molar-refractivity contribution in [1.29, 1.82) is 0 Å². The molecule has 4 nitrogen and oxygen atoms in total. The van der Waals surface area contributed by atoms with Gasteiger partial charge in [-0.05, 0) is 25.1 Å². The average molecular weight is 317 g/mol. The molecule has 1 heterocycles. The summed E-state index contributed by atoms with van der Waals surface area (Å²) in [5.74, 6) is -0.386. The molecule has 0 fully saturated rings. The largest absolute Gasteiger partial charge is 0.290 e. The molecule has 0 aliphatic carbocycles. The number of anilines is 1. The minimum atomic E-state index is -0.489. The van der Waals surface area contributed by atoms with Crippen LogP contribution in [-0.4, -0.2) is 15.9 Å². The van der Waals surface area contributed by atoms with Crippen LogP contribution in [0.15, 0.2) is 24.3 Å². The van der Waals surface area contributed by atoms with Crippen molar-refractivity contribution in [2.24, 2.45) is 0 Å². The summed E-state index contributed by atoms with van der Waals surface area (Å²) in [5, 5.41) is 3.26. The van der Waals surface area contributed by atoms with E-state index in [9.17, 15) is 4.79 Å². The number of nitrogens with zero attached hydrogens (tertiary/aromatic N) is 2. The summed E-state index contributed by atoms with van der Waals surface area (Å²) < 4.78 is 0. The monoisotopic (exact) mass is 315 g/mol. The topological polar surface area (TPSA) is 54.9 Å². The highest BCUT2D eigenvalue weighted by molar-refractivity contribution is 6.40. The first-order valence-electron chi connectivity index (χ1n) is 5.24. The fourth-order valence-electron chi connectivity index (χ4n) is 1.46. The average Bonchev–Trinajstić information content (AvgIpc) is 2.26. The van der Waals surface area contributed by atoms with Crippen LogP contribution in [0.3, 0.4) is 0 Å². The Morgan fingerprint density at radius 1 is 1.16 bits per heavy atom. The van der Waals surface area contributed by atoms with Gasteiger partial charge in [0.05, 0.1) is 15.6 Å². The number of hydrogen-bond acceptors (Lipinski definition) is 3. The molecule has 0 saturated heterocycles. The van der Waals surface area contributed by atoms with Crippen molar-refractivity contribution in [2.45, 2.75) is 6.92 Å². The van der Waals surface area contributed by atoms with Gasteiger partial charge < -0.3 is 0 Å². The van der Waals surface area contributed by atoms with Crippen molar-refractivity contribution in [3.05, 3.63) is 50.7 Å². The van der Waals surface area contributed by atoms with E-state index in [0.29, 0.717) is 5.69 Å². The summed E-state index contributed by atoms with van der Waals surface area (Å²) in [6, 6.07) is 6.39. The molecule has 1 N–H and O–H groups in total. The number of aromatic nitrogens is 2. The summed E-state index contributed by atoms with van der Waals surface area (Å²) in [6.07, 6.45) is 0. The van der Waals surface area contributed by atoms with Gasteiger partial charge in [-0.15, -0.1) is 0 Å². The summed E-state index contributed by atoms with van der Waals surface area (Å²) >= 11 is 17.7. The number of carbonyl (C=O) groups is 1. The van der Waals surface area contributed by atoms with Crippen LogP contribution in [0.2, 0.25) is 15.2 Å². The number of aryl methyl sites for hydroxylation is 1.